The highest BCUT2D eigenvalue weighted by atomic mass is 79.9. The smallest absolute Gasteiger partial charge is 0.256 e. The highest BCUT2D eigenvalue weighted by Crippen LogP contribution is 2.22. The first-order valence-corrected chi connectivity index (χ1v) is 9.46. The number of anilines is 1. The van der Waals surface area contributed by atoms with Crippen molar-refractivity contribution in [1.82, 2.24) is 14.9 Å². The van der Waals surface area contributed by atoms with Crippen LogP contribution in [0, 0.1) is 13.8 Å². The van der Waals surface area contributed by atoms with E-state index in [1.165, 1.54) is 0 Å². The quantitative estimate of drug-likeness (QED) is 0.594. The third-order valence-corrected chi connectivity index (χ3v) is 4.66. The average Bonchev–Trinajstić information content (AvgIpc) is 3.15. The molecule has 3 aromatic rings. The van der Waals surface area contributed by atoms with Crippen LogP contribution in [0.3, 0.4) is 0 Å². The Bertz CT molecular complexity index is 912. The number of carbonyl (C=O) groups excluding carboxylic acids is 1. The number of amides is 1. The lowest BCUT2D eigenvalue weighted by Crippen LogP contribution is -2.13. The Labute approximate surface area is 165 Å². The summed E-state index contributed by atoms with van der Waals surface area (Å²) in [4.78, 5) is 12.4. The van der Waals surface area contributed by atoms with Crippen molar-refractivity contribution in [3.05, 3.63) is 57.5 Å². The molecule has 7 nitrogen and oxygen atoms in total. The van der Waals surface area contributed by atoms with Crippen LogP contribution in [0.5, 0.6) is 5.75 Å². The van der Waals surface area contributed by atoms with Crippen LogP contribution in [-0.4, -0.2) is 20.8 Å². The van der Waals surface area contributed by atoms with Crippen LogP contribution < -0.4 is 10.1 Å². The van der Waals surface area contributed by atoms with E-state index in [0.717, 1.165) is 34.5 Å². The fourth-order valence-corrected chi connectivity index (χ4v) is 2.99. The molecule has 3 rings (SSSR count). The number of hydrogen-bond donors (Lipinski definition) is 1. The minimum Gasteiger partial charge on any atom is -0.489 e. The molecule has 1 aromatic carbocycles. The minimum absolute atomic E-state index is 0.227. The van der Waals surface area contributed by atoms with Gasteiger partial charge in [0, 0.05) is 18.3 Å². The van der Waals surface area contributed by atoms with Gasteiger partial charge in [0.25, 0.3) is 5.91 Å². The van der Waals surface area contributed by atoms with Gasteiger partial charge in [-0.1, -0.05) is 12.1 Å². The number of nitrogens with zero attached hydrogens (tertiary/aromatic N) is 3. The lowest BCUT2D eigenvalue weighted by molar-refractivity contribution is 0.102. The van der Waals surface area contributed by atoms with E-state index in [-0.39, 0.29) is 5.91 Å². The van der Waals surface area contributed by atoms with E-state index in [1.54, 1.807) is 28.9 Å². The van der Waals surface area contributed by atoms with Crippen LogP contribution in [0.2, 0.25) is 0 Å². The van der Waals surface area contributed by atoms with Gasteiger partial charge in [-0.15, -0.1) is 0 Å². The Morgan fingerprint density at radius 1 is 1.30 bits per heavy atom. The van der Waals surface area contributed by atoms with Gasteiger partial charge in [0.05, 0.1) is 15.7 Å². The van der Waals surface area contributed by atoms with Gasteiger partial charge in [-0.2, -0.15) is 5.10 Å². The van der Waals surface area contributed by atoms with E-state index in [9.17, 15) is 4.79 Å². The summed E-state index contributed by atoms with van der Waals surface area (Å²) in [5, 5.41) is 11.1. The molecule has 0 fully saturated rings. The number of rotatable bonds is 7. The maximum absolute atomic E-state index is 12.4. The maximum atomic E-state index is 12.4. The number of hydrogen-bond acceptors (Lipinski definition) is 5. The third kappa shape index (κ3) is 4.57. The van der Waals surface area contributed by atoms with Crippen molar-refractivity contribution in [2.24, 2.45) is 0 Å². The summed E-state index contributed by atoms with van der Waals surface area (Å²) in [5.74, 6) is 1.69. The van der Waals surface area contributed by atoms with E-state index in [4.69, 9.17) is 9.26 Å². The van der Waals surface area contributed by atoms with Crippen LogP contribution in [0.1, 0.15) is 40.7 Å². The molecule has 0 saturated carbocycles. The molecular formula is C19H21BrN4O3. The molecule has 0 saturated heterocycles. The van der Waals surface area contributed by atoms with E-state index in [2.05, 4.69) is 38.4 Å². The predicted molar refractivity (Wildman–Crippen MR) is 105 cm³/mol. The first kappa shape index (κ1) is 19.2. The summed E-state index contributed by atoms with van der Waals surface area (Å²) in [6.07, 6.45) is 2.82. The largest absolute Gasteiger partial charge is 0.489 e. The van der Waals surface area contributed by atoms with Crippen molar-refractivity contribution < 1.29 is 14.1 Å². The van der Waals surface area contributed by atoms with Gasteiger partial charge >= 0.3 is 0 Å². The van der Waals surface area contributed by atoms with Crippen molar-refractivity contribution in [1.29, 1.82) is 0 Å². The Hall–Kier alpha value is -2.61. The highest BCUT2D eigenvalue weighted by Gasteiger charge is 2.13. The van der Waals surface area contributed by atoms with Crippen LogP contribution in [0.25, 0.3) is 0 Å². The number of aryl methyl sites for hydroxylation is 3. The second-order valence-corrected chi connectivity index (χ2v) is 7.01. The first-order chi connectivity index (χ1) is 13.0. The Kier molecular flexibility index (Phi) is 5.95. The maximum Gasteiger partial charge on any atom is 0.256 e. The Morgan fingerprint density at radius 2 is 2.04 bits per heavy atom. The minimum atomic E-state index is -0.227. The zero-order valence-corrected chi connectivity index (χ0v) is 17.0. The van der Waals surface area contributed by atoms with Crippen molar-refractivity contribution in [2.75, 3.05) is 5.32 Å². The van der Waals surface area contributed by atoms with Crippen LogP contribution in [-0.2, 0) is 13.2 Å². The second kappa shape index (κ2) is 8.39. The van der Waals surface area contributed by atoms with Crippen molar-refractivity contribution in [3.8, 4) is 5.75 Å². The SMILES string of the molecule is CCCn1cc(Br)c(NC(=O)c2ccc(OCc3c(C)noc3C)cc2)n1. The molecule has 0 spiro atoms. The fourth-order valence-electron chi connectivity index (χ4n) is 2.57. The van der Waals surface area contributed by atoms with Crippen molar-refractivity contribution in [3.63, 3.8) is 0 Å². The highest BCUT2D eigenvalue weighted by molar-refractivity contribution is 9.10. The van der Waals surface area contributed by atoms with E-state index in [1.807, 2.05) is 20.0 Å². The zero-order valence-electron chi connectivity index (χ0n) is 15.5. The number of carbonyl (C=O) groups is 1. The first-order valence-electron chi connectivity index (χ1n) is 8.66. The molecule has 2 aromatic heterocycles. The van der Waals surface area contributed by atoms with Gasteiger partial charge in [0.15, 0.2) is 5.82 Å². The Morgan fingerprint density at radius 3 is 2.67 bits per heavy atom. The predicted octanol–water partition coefficient (Wildman–Crippen LogP) is 4.49. The zero-order chi connectivity index (χ0) is 19.4. The third-order valence-electron chi connectivity index (χ3n) is 4.08. The van der Waals surface area contributed by atoms with E-state index >= 15 is 0 Å². The lowest BCUT2D eigenvalue weighted by atomic mass is 10.2. The number of ether oxygens (including phenoxy) is 1. The summed E-state index contributed by atoms with van der Waals surface area (Å²) < 4.78 is 13.4. The molecule has 27 heavy (non-hydrogen) atoms. The van der Waals surface area contributed by atoms with E-state index < -0.39 is 0 Å². The summed E-state index contributed by atoms with van der Waals surface area (Å²) in [6.45, 7) is 6.97. The molecule has 0 aliphatic rings. The molecule has 0 aliphatic carbocycles. The molecular weight excluding hydrogens is 412 g/mol. The van der Waals surface area contributed by atoms with E-state index in [0.29, 0.717) is 23.7 Å². The molecule has 2 heterocycles. The molecule has 0 unspecified atom stereocenters. The van der Waals surface area contributed by atoms with Crippen LogP contribution in [0.15, 0.2) is 39.5 Å². The molecule has 0 radical (unpaired) electrons. The van der Waals surface area contributed by atoms with Gasteiger partial charge in [-0.05, 0) is 60.5 Å². The molecule has 0 atom stereocenters. The van der Waals surface area contributed by atoms with Gasteiger partial charge in [-0.3, -0.25) is 9.48 Å². The van der Waals surface area contributed by atoms with Crippen molar-refractivity contribution in [2.45, 2.75) is 40.3 Å². The van der Waals surface area contributed by atoms with Crippen LogP contribution in [0.4, 0.5) is 5.82 Å². The molecule has 0 aliphatic heterocycles. The Balaban J connectivity index is 1.62. The van der Waals surface area contributed by atoms with Gasteiger partial charge in [0.1, 0.15) is 18.1 Å². The van der Waals surface area contributed by atoms with Gasteiger partial charge < -0.3 is 14.6 Å². The standard InChI is InChI=1S/C19H21BrN4O3/c1-4-9-24-10-17(20)18(22-24)21-19(25)14-5-7-15(8-6-14)26-11-16-12(2)23-27-13(16)3/h5-8,10H,4,9,11H2,1-3H3,(H,21,22,25). The molecule has 8 heteroatoms. The summed E-state index contributed by atoms with van der Waals surface area (Å²) in [7, 11) is 0. The molecule has 1 N–H and O–H groups in total. The lowest BCUT2D eigenvalue weighted by Gasteiger charge is -2.07. The molecule has 0 bridgehead atoms. The molecule has 142 valence electrons. The normalized spacial score (nSPS) is 10.8. The van der Waals surface area contributed by atoms with Gasteiger partial charge in [-0.25, -0.2) is 0 Å². The number of aromatic nitrogens is 3. The van der Waals surface area contributed by atoms with Gasteiger partial charge in [0.2, 0.25) is 0 Å². The summed E-state index contributed by atoms with van der Waals surface area (Å²) in [5.41, 5.74) is 2.28. The number of benzene rings is 1. The summed E-state index contributed by atoms with van der Waals surface area (Å²) in [6, 6.07) is 6.96. The monoisotopic (exact) mass is 432 g/mol. The molecule has 1 amide bonds. The summed E-state index contributed by atoms with van der Waals surface area (Å²) >= 11 is 3.42. The number of halogens is 1. The topological polar surface area (TPSA) is 82.2 Å². The fraction of sp³-hybridized carbons (Fsp3) is 0.316. The van der Waals surface area contributed by atoms with Crippen molar-refractivity contribution >= 4 is 27.7 Å². The van der Waals surface area contributed by atoms with Crippen LogP contribution >= 0.6 is 15.9 Å². The number of nitrogens with one attached hydrogen (secondary N) is 1. The average molecular weight is 433 g/mol. The second-order valence-electron chi connectivity index (χ2n) is 6.16.